The molecule has 1 saturated carbocycles. The van der Waals surface area contributed by atoms with E-state index >= 15 is 0 Å². The van der Waals surface area contributed by atoms with Crippen LogP contribution in [0.15, 0.2) is 24.3 Å². The second kappa shape index (κ2) is 14.0. The lowest BCUT2D eigenvalue weighted by Gasteiger charge is -2.48. The fourth-order valence-electron chi connectivity index (χ4n) is 5.68. The summed E-state index contributed by atoms with van der Waals surface area (Å²) in [5.74, 6) is -10.6. The Morgan fingerprint density at radius 2 is 1.40 bits per heavy atom. The zero-order chi connectivity index (χ0) is 29.5. The van der Waals surface area contributed by atoms with Crippen molar-refractivity contribution >= 4 is 0 Å². The van der Waals surface area contributed by atoms with Gasteiger partial charge in [0.2, 0.25) is 29.1 Å². The fraction of sp³-hybridized carbons (Fsp3) is 0.625. The van der Waals surface area contributed by atoms with Gasteiger partial charge in [-0.15, -0.1) is 0 Å². The van der Waals surface area contributed by atoms with Gasteiger partial charge in [-0.1, -0.05) is 66.0 Å². The van der Waals surface area contributed by atoms with Gasteiger partial charge in [-0.25, -0.2) is 13.2 Å². The van der Waals surface area contributed by atoms with E-state index in [9.17, 15) is 22.0 Å². The number of hydrogen-bond acceptors (Lipinski definition) is 3. The van der Waals surface area contributed by atoms with E-state index in [0.717, 1.165) is 19.3 Å². The highest BCUT2D eigenvalue weighted by molar-refractivity contribution is 5.30. The van der Waals surface area contributed by atoms with Crippen LogP contribution in [0.5, 0.6) is 11.5 Å². The molecule has 0 aliphatic heterocycles. The molecule has 2 unspecified atom stereocenters. The highest BCUT2D eigenvalue weighted by Gasteiger charge is 2.41. The van der Waals surface area contributed by atoms with E-state index in [1.807, 2.05) is 24.3 Å². The Labute approximate surface area is 235 Å². The first-order chi connectivity index (χ1) is 18.9. The first-order valence-electron chi connectivity index (χ1n) is 14.4. The summed E-state index contributed by atoms with van der Waals surface area (Å²) in [6.07, 6.45) is 8.90. The van der Waals surface area contributed by atoms with Gasteiger partial charge in [0.25, 0.3) is 0 Å². The van der Waals surface area contributed by atoms with E-state index in [2.05, 4.69) is 34.6 Å². The molecule has 1 aliphatic carbocycles. The molecule has 1 aliphatic rings. The average molecular weight is 571 g/mol. The van der Waals surface area contributed by atoms with Crippen LogP contribution in [-0.4, -0.2) is 19.5 Å². The number of hydrogen-bond donors (Lipinski definition) is 0. The molecule has 8 heteroatoms. The van der Waals surface area contributed by atoms with E-state index in [1.54, 1.807) is 0 Å². The van der Waals surface area contributed by atoms with Gasteiger partial charge in [0.05, 0.1) is 6.61 Å². The standard InChI is InChI=1S/C32H43F5O3/c1-6-21(2)22-12-14-23(15-13-22)40-24(11-10-18-32(31(3,4)5)16-8-7-9-17-32)38-19-20-39-30-28(36)26(34)25(33)27(35)29(30)37/h12-15,21,24H,6-11,16-20H2,1-5H3. The molecule has 3 rings (SSSR count). The molecular formula is C32H43F5O3. The fourth-order valence-corrected chi connectivity index (χ4v) is 5.68. The van der Waals surface area contributed by atoms with Gasteiger partial charge in [0.1, 0.15) is 12.4 Å². The highest BCUT2D eigenvalue weighted by atomic mass is 19.2. The minimum Gasteiger partial charge on any atom is -0.485 e. The van der Waals surface area contributed by atoms with Crippen LogP contribution in [-0.2, 0) is 4.74 Å². The number of halogens is 5. The van der Waals surface area contributed by atoms with Gasteiger partial charge in [-0.3, -0.25) is 0 Å². The van der Waals surface area contributed by atoms with E-state index in [-0.39, 0.29) is 17.4 Å². The summed E-state index contributed by atoms with van der Waals surface area (Å²) < 4.78 is 85.2. The molecule has 0 N–H and O–H groups in total. The summed E-state index contributed by atoms with van der Waals surface area (Å²) in [5, 5.41) is 0. The van der Waals surface area contributed by atoms with Crippen molar-refractivity contribution in [1.82, 2.24) is 0 Å². The average Bonchev–Trinajstić information content (AvgIpc) is 2.94. The van der Waals surface area contributed by atoms with Crippen LogP contribution < -0.4 is 9.47 Å². The van der Waals surface area contributed by atoms with Crippen molar-refractivity contribution in [3.8, 4) is 11.5 Å². The van der Waals surface area contributed by atoms with Crippen molar-refractivity contribution in [2.75, 3.05) is 13.2 Å². The normalized spacial score (nSPS) is 16.9. The van der Waals surface area contributed by atoms with Crippen LogP contribution in [0.3, 0.4) is 0 Å². The van der Waals surface area contributed by atoms with Crippen molar-refractivity contribution in [2.24, 2.45) is 10.8 Å². The van der Waals surface area contributed by atoms with Crippen LogP contribution in [0.25, 0.3) is 0 Å². The summed E-state index contributed by atoms with van der Waals surface area (Å²) in [7, 11) is 0. The molecular weight excluding hydrogens is 527 g/mol. The lowest BCUT2D eigenvalue weighted by Crippen LogP contribution is -2.38. The molecule has 0 saturated heterocycles. The molecule has 0 bridgehead atoms. The zero-order valence-electron chi connectivity index (χ0n) is 24.4. The third kappa shape index (κ3) is 7.68. The lowest BCUT2D eigenvalue weighted by molar-refractivity contribution is -0.0952. The number of ether oxygens (including phenoxy) is 3. The van der Waals surface area contributed by atoms with Gasteiger partial charge in [-0.2, -0.15) is 8.78 Å². The summed E-state index contributed by atoms with van der Waals surface area (Å²) in [5.41, 5.74) is 1.61. The van der Waals surface area contributed by atoms with E-state index < -0.39 is 47.7 Å². The second-order valence-corrected chi connectivity index (χ2v) is 12.0. The molecule has 0 spiro atoms. The molecule has 2 aromatic rings. The first kappa shape index (κ1) is 32.2. The molecule has 0 aromatic heterocycles. The Bertz CT molecular complexity index is 1060. The number of rotatable bonds is 13. The van der Waals surface area contributed by atoms with E-state index in [1.165, 1.54) is 37.7 Å². The summed E-state index contributed by atoms with van der Waals surface area (Å²) in [4.78, 5) is 0. The predicted octanol–water partition coefficient (Wildman–Crippen LogP) is 9.86. The maximum atomic E-state index is 14.0. The molecule has 40 heavy (non-hydrogen) atoms. The maximum Gasteiger partial charge on any atom is 0.206 e. The Hall–Kier alpha value is -2.35. The smallest absolute Gasteiger partial charge is 0.206 e. The third-order valence-electron chi connectivity index (χ3n) is 8.63. The Morgan fingerprint density at radius 3 is 1.95 bits per heavy atom. The quantitative estimate of drug-likeness (QED) is 0.0789. The number of benzene rings is 2. The SMILES string of the molecule is CCC(C)c1ccc(OC(CCCC2(C(C)(C)C)CCCCC2)OCCOc2c(F)c(F)c(F)c(F)c2F)cc1. The predicted molar refractivity (Wildman–Crippen MR) is 146 cm³/mol. The molecule has 0 amide bonds. The Balaban J connectivity index is 1.66. The molecule has 2 aromatic carbocycles. The molecule has 0 radical (unpaired) electrons. The van der Waals surface area contributed by atoms with Crippen LogP contribution in [0.1, 0.15) is 104 Å². The van der Waals surface area contributed by atoms with Crippen LogP contribution >= 0.6 is 0 Å². The summed E-state index contributed by atoms with van der Waals surface area (Å²) in [6, 6.07) is 7.81. The minimum absolute atomic E-state index is 0.165. The Kier molecular flexibility index (Phi) is 11.3. The van der Waals surface area contributed by atoms with Crippen molar-refractivity contribution in [1.29, 1.82) is 0 Å². The monoisotopic (exact) mass is 570 g/mol. The Morgan fingerprint density at radius 1 is 0.825 bits per heavy atom. The summed E-state index contributed by atoms with van der Waals surface area (Å²) >= 11 is 0. The van der Waals surface area contributed by atoms with Crippen LogP contribution in [0, 0.1) is 39.9 Å². The van der Waals surface area contributed by atoms with Gasteiger partial charge in [-0.05, 0) is 66.5 Å². The minimum atomic E-state index is -2.22. The topological polar surface area (TPSA) is 27.7 Å². The zero-order valence-corrected chi connectivity index (χ0v) is 24.4. The lowest BCUT2D eigenvalue weighted by atomic mass is 9.57. The molecule has 224 valence electrons. The first-order valence-corrected chi connectivity index (χ1v) is 14.4. The van der Waals surface area contributed by atoms with Crippen LogP contribution in [0.4, 0.5) is 22.0 Å². The molecule has 0 heterocycles. The maximum absolute atomic E-state index is 14.0. The van der Waals surface area contributed by atoms with E-state index in [4.69, 9.17) is 14.2 Å². The van der Waals surface area contributed by atoms with Gasteiger partial charge in [0, 0.05) is 6.42 Å². The molecule has 1 fully saturated rings. The van der Waals surface area contributed by atoms with Crippen molar-refractivity contribution in [3.63, 3.8) is 0 Å². The third-order valence-corrected chi connectivity index (χ3v) is 8.63. The van der Waals surface area contributed by atoms with Gasteiger partial charge < -0.3 is 14.2 Å². The molecule has 2 atom stereocenters. The highest BCUT2D eigenvalue weighted by Crippen LogP contribution is 2.52. The van der Waals surface area contributed by atoms with Crippen molar-refractivity contribution in [3.05, 3.63) is 58.9 Å². The molecule has 3 nitrogen and oxygen atoms in total. The van der Waals surface area contributed by atoms with E-state index in [0.29, 0.717) is 18.1 Å². The van der Waals surface area contributed by atoms with Crippen LogP contribution in [0.2, 0.25) is 0 Å². The summed E-state index contributed by atoms with van der Waals surface area (Å²) in [6.45, 7) is 10.6. The van der Waals surface area contributed by atoms with Gasteiger partial charge in [0.15, 0.2) is 12.0 Å². The van der Waals surface area contributed by atoms with Crippen molar-refractivity contribution < 1.29 is 36.2 Å². The van der Waals surface area contributed by atoms with Crippen molar-refractivity contribution in [2.45, 2.75) is 105 Å². The van der Waals surface area contributed by atoms with Gasteiger partial charge >= 0.3 is 0 Å². The largest absolute Gasteiger partial charge is 0.485 e. The second-order valence-electron chi connectivity index (χ2n) is 12.0.